The minimum absolute atomic E-state index is 0.00579. The Kier molecular flexibility index (Phi) is 4.48. The van der Waals surface area contributed by atoms with Gasteiger partial charge >= 0.3 is 0 Å². The zero-order chi connectivity index (χ0) is 13.9. The summed E-state index contributed by atoms with van der Waals surface area (Å²) in [6.45, 7) is 2.02. The lowest BCUT2D eigenvalue weighted by Gasteiger charge is -2.27. The number of hydrogen-bond donors (Lipinski definition) is 1. The van der Waals surface area contributed by atoms with Crippen LogP contribution in [0, 0.1) is 18.3 Å². The number of nitrogens with one attached hydrogen (secondary N) is 1. The number of terminal acetylenes is 1. The first-order chi connectivity index (χ1) is 9.02. The molecule has 5 nitrogen and oxygen atoms in total. The Labute approximate surface area is 114 Å². The first-order valence-corrected chi connectivity index (χ1v) is 8.48. The van der Waals surface area contributed by atoms with Crippen LogP contribution in [-0.2, 0) is 14.6 Å². The molecule has 106 valence electrons. The molecule has 2 aliphatic heterocycles. The van der Waals surface area contributed by atoms with Gasteiger partial charge in [-0.2, -0.15) is 0 Å². The molecule has 1 N–H and O–H groups in total. The number of amides is 1. The lowest BCUT2D eigenvalue weighted by molar-refractivity contribution is -0.133. The molecule has 2 saturated heterocycles. The molecule has 0 aromatic heterocycles. The van der Waals surface area contributed by atoms with Gasteiger partial charge in [0.05, 0.1) is 18.1 Å². The van der Waals surface area contributed by atoms with Crippen molar-refractivity contribution in [1.82, 2.24) is 10.2 Å². The fraction of sp³-hybridized carbons (Fsp3) is 0.769. The molecule has 0 bridgehead atoms. The van der Waals surface area contributed by atoms with Crippen LogP contribution in [0.2, 0.25) is 0 Å². The summed E-state index contributed by atoms with van der Waals surface area (Å²) in [5.74, 6) is 3.04. The van der Waals surface area contributed by atoms with Gasteiger partial charge in [0.15, 0.2) is 9.84 Å². The molecule has 0 aromatic carbocycles. The van der Waals surface area contributed by atoms with Gasteiger partial charge in [-0.05, 0) is 31.8 Å². The van der Waals surface area contributed by atoms with Gasteiger partial charge in [0.2, 0.25) is 5.91 Å². The van der Waals surface area contributed by atoms with Crippen LogP contribution in [0.3, 0.4) is 0 Å². The molecule has 0 aliphatic carbocycles. The van der Waals surface area contributed by atoms with E-state index in [9.17, 15) is 13.2 Å². The Morgan fingerprint density at radius 2 is 2.21 bits per heavy atom. The van der Waals surface area contributed by atoms with Crippen LogP contribution in [0.4, 0.5) is 0 Å². The summed E-state index contributed by atoms with van der Waals surface area (Å²) in [5.41, 5.74) is 0. The molecule has 2 unspecified atom stereocenters. The third-order valence-corrected chi connectivity index (χ3v) is 5.61. The van der Waals surface area contributed by atoms with Crippen molar-refractivity contribution in [3.05, 3.63) is 0 Å². The molecule has 0 aromatic rings. The molecule has 1 amide bonds. The minimum Gasteiger partial charge on any atom is -0.328 e. The first-order valence-electron chi connectivity index (χ1n) is 6.66. The second-order valence-electron chi connectivity index (χ2n) is 5.35. The quantitative estimate of drug-likeness (QED) is 0.716. The summed E-state index contributed by atoms with van der Waals surface area (Å²) in [6, 6.07) is -0.233. The Morgan fingerprint density at radius 1 is 1.42 bits per heavy atom. The lowest BCUT2D eigenvalue weighted by Crippen LogP contribution is -2.42. The molecule has 2 atom stereocenters. The third kappa shape index (κ3) is 3.71. The number of nitrogens with zero attached hydrogens (tertiary/aromatic N) is 1. The SMILES string of the molecule is C#CCN(C(=O)CC1CCNC1)C1CCS(=O)(=O)C1. The molecule has 0 spiro atoms. The van der Waals surface area contributed by atoms with Gasteiger partial charge in [0.1, 0.15) is 0 Å². The Hall–Kier alpha value is -1.06. The van der Waals surface area contributed by atoms with E-state index in [1.54, 1.807) is 4.90 Å². The van der Waals surface area contributed by atoms with Crippen molar-refractivity contribution in [3.63, 3.8) is 0 Å². The van der Waals surface area contributed by atoms with Gasteiger partial charge in [-0.25, -0.2) is 8.42 Å². The smallest absolute Gasteiger partial charge is 0.223 e. The summed E-state index contributed by atoms with van der Waals surface area (Å²) in [4.78, 5) is 13.9. The summed E-state index contributed by atoms with van der Waals surface area (Å²) in [6.07, 6.45) is 7.28. The van der Waals surface area contributed by atoms with Gasteiger partial charge in [0, 0.05) is 12.5 Å². The fourth-order valence-corrected chi connectivity index (χ4v) is 4.52. The standard InChI is InChI=1S/C13H20N2O3S/c1-2-6-15(12-4-7-19(17,18)10-12)13(16)8-11-3-5-14-9-11/h1,11-12,14H,3-10H2. The van der Waals surface area contributed by atoms with Gasteiger partial charge in [-0.1, -0.05) is 5.92 Å². The second kappa shape index (κ2) is 5.93. The number of sulfone groups is 1. The molecule has 2 rings (SSSR count). The third-order valence-electron chi connectivity index (χ3n) is 3.86. The highest BCUT2D eigenvalue weighted by Crippen LogP contribution is 2.21. The predicted molar refractivity (Wildman–Crippen MR) is 73.2 cm³/mol. The lowest BCUT2D eigenvalue weighted by atomic mass is 10.0. The van der Waals surface area contributed by atoms with Crippen LogP contribution >= 0.6 is 0 Å². The van der Waals surface area contributed by atoms with Crippen LogP contribution in [0.25, 0.3) is 0 Å². The van der Waals surface area contributed by atoms with Crippen LogP contribution in [0.15, 0.2) is 0 Å². The molecule has 19 heavy (non-hydrogen) atoms. The highest BCUT2D eigenvalue weighted by molar-refractivity contribution is 7.91. The van der Waals surface area contributed by atoms with E-state index in [1.165, 1.54) is 0 Å². The van der Waals surface area contributed by atoms with Crippen LogP contribution < -0.4 is 5.32 Å². The van der Waals surface area contributed by atoms with E-state index in [4.69, 9.17) is 6.42 Å². The van der Waals surface area contributed by atoms with E-state index in [2.05, 4.69) is 11.2 Å². The van der Waals surface area contributed by atoms with E-state index in [1.807, 2.05) is 0 Å². The average molecular weight is 284 g/mol. The Bertz CT molecular complexity index is 475. The summed E-state index contributed by atoms with van der Waals surface area (Å²) in [5, 5.41) is 3.22. The van der Waals surface area contributed by atoms with Crippen molar-refractivity contribution in [3.8, 4) is 12.3 Å². The summed E-state index contributed by atoms with van der Waals surface area (Å²) < 4.78 is 23.0. The maximum Gasteiger partial charge on any atom is 0.223 e. The van der Waals surface area contributed by atoms with Crippen molar-refractivity contribution in [2.45, 2.75) is 25.3 Å². The monoisotopic (exact) mass is 284 g/mol. The van der Waals surface area contributed by atoms with Crippen molar-refractivity contribution >= 4 is 15.7 Å². The summed E-state index contributed by atoms with van der Waals surface area (Å²) >= 11 is 0. The van der Waals surface area contributed by atoms with Crippen LogP contribution in [0.5, 0.6) is 0 Å². The highest BCUT2D eigenvalue weighted by Gasteiger charge is 2.35. The topological polar surface area (TPSA) is 66.5 Å². The molecule has 2 heterocycles. The summed E-state index contributed by atoms with van der Waals surface area (Å²) in [7, 11) is -2.99. The van der Waals surface area contributed by atoms with E-state index in [-0.39, 0.29) is 30.0 Å². The van der Waals surface area contributed by atoms with Crippen molar-refractivity contribution in [1.29, 1.82) is 0 Å². The zero-order valence-electron chi connectivity index (χ0n) is 11.0. The van der Waals surface area contributed by atoms with Gasteiger partial charge < -0.3 is 10.2 Å². The number of carbonyl (C=O) groups excluding carboxylic acids is 1. The second-order valence-corrected chi connectivity index (χ2v) is 7.57. The van der Waals surface area contributed by atoms with Crippen LogP contribution in [0.1, 0.15) is 19.3 Å². The highest BCUT2D eigenvalue weighted by atomic mass is 32.2. The van der Waals surface area contributed by atoms with E-state index < -0.39 is 9.84 Å². The van der Waals surface area contributed by atoms with E-state index in [0.29, 0.717) is 18.8 Å². The van der Waals surface area contributed by atoms with Crippen LogP contribution in [-0.4, -0.2) is 56.4 Å². The molecule has 2 aliphatic rings. The molecular formula is C13H20N2O3S. The number of rotatable bonds is 4. The molecule has 0 radical (unpaired) electrons. The largest absolute Gasteiger partial charge is 0.328 e. The number of carbonyl (C=O) groups is 1. The van der Waals surface area contributed by atoms with Gasteiger partial charge in [-0.15, -0.1) is 6.42 Å². The molecule has 6 heteroatoms. The fourth-order valence-electron chi connectivity index (χ4n) is 2.79. The first kappa shape index (κ1) is 14.4. The van der Waals surface area contributed by atoms with E-state index in [0.717, 1.165) is 19.5 Å². The van der Waals surface area contributed by atoms with E-state index >= 15 is 0 Å². The Morgan fingerprint density at radius 3 is 2.74 bits per heavy atom. The maximum absolute atomic E-state index is 12.3. The van der Waals surface area contributed by atoms with Crippen molar-refractivity contribution in [2.24, 2.45) is 5.92 Å². The molecule has 2 fully saturated rings. The van der Waals surface area contributed by atoms with Gasteiger partial charge in [-0.3, -0.25) is 4.79 Å². The minimum atomic E-state index is -2.99. The predicted octanol–water partition coefficient (Wildman–Crippen LogP) is -0.365. The van der Waals surface area contributed by atoms with Gasteiger partial charge in [0.25, 0.3) is 0 Å². The number of hydrogen-bond acceptors (Lipinski definition) is 4. The maximum atomic E-state index is 12.3. The van der Waals surface area contributed by atoms with Crippen molar-refractivity contribution < 1.29 is 13.2 Å². The molecule has 0 saturated carbocycles. The normalized spacial score (nSPS) is 29.0. The Balaban J connectivity index is 1.99. The van der Waals surface area contributed by atoms with Crippen molar-refractivity contribution in [2.75, 3.05) is 31.1 Å². The zero-order valence-corrected chi connectivity index (χ0v) is 11.8. The molecular weight excluding hydrogens is 264 g/mol. The average Bonchev–Trinajstić information content (AvgIpc) is 2.95.